The first kappa shape index (κ1) is 23.4. The molecule has 0 aliphatic heterocycles. The molecule has 0 radical (unpaired) electrons. The van der Waals surface area contributed by atoms with Crippen molar-refractivity contribution in [3.8, 4) is 17.2 Å². The lowest BCUT2D eigenvalue weighted by Gasteiger charge is -2.11. The number of carbonyl (C=O) groups excluding carboxylic acids is 1. The number of para-hydroxylation sites is 1. The quantitative estimate of drug-likeness (QED) is 0.311. The highest BCUT2D eigenvalue weighted by atomic mass is 32.1. The van der Waals surface area contributed by atoms with Gasteiger partial charge in [-0.3, -0.25) is 10.1 Å². The third-order valence-electron chi connectivity index (χ3n) is 5.67. The summed E-state index contributed by atoms with van der Waals surface area (Å²) in [5, 5.41) is 5.86. The number of hydrogen-bond donors (Lipinski definition) is 2. The Kier molecular flexibility index (Phi) is 7.23. The van der Waals surface area contributed by atoms with Gasteiger partial charge in [-0.15, -0.1) is 0 Å². The van der Waals surface area contributed by atoms with Crippen LogP contribution in [-0.4, -0.2) is 22.6 Å². The highest BCUT2D eigenvalue weighted by molar-refractivity contribution is 7.80. The molecule has 174 valence electrons. The van der Waals surface area contributed by atoms with Gasteiger partial charge in [0.15, 0.2) is 17.3 Å². The Bertz CT molecular complexity index is 1330. The number of anilines is 1. The molecule has 34 heavy (non-hydrogen) atoms. The normalized spacial score (nSPS) is 11.7. The monoisotopic (exact) mass is 473 g/mol. The van der Waals surface area contributed by atoms with E-state index in [1.165, 1.54) is 5.56 Å². The molecule has 1 aromatic heterocycles. The number of oxazole rings is 1. The zero-order valence-corrected chi connectivity index (χ0v) is 20.2. The van der Waals surface area contributed by atoms with Gasteiger partial charge < -0.3 is 14.5 Å². The summed E-state index contributed by atoms with van der Waals surface area (Å²) in [6, 6.07) is 21.2. The van der Waals surface area contributed by atoms with Gasteiger partial charge in [0.2, 0.25) is 5.89 Å². The first-order valence-corrected chi connectivity index (χ1v) is 11.6. The van der Waals surface area contributed by atoms with E-state index in [1.54, 1.807) is 0 Å². The second-order valence-corrected chi connectivity index (χ2v) is 8.60. The molecule has 0 bridgehead atoms. The molecule has 0 saturated heterocycles. The minimum Gasteiger partial charge on any atom is -0.483 e. The topological polar surface area (TPSA) is 76.4 Å². The van der Waals surface area contributed by atoms with Gasteiger partial charge in [0.25, 0.3) is 5.91 Å². The molecule has 1 heterocycles. The molecule has 0 saturated carbocycles. The summed E-state index contributed by atoms with van der Waals surface area (Å²) in [4.78, 5) is 16.9. The van der Waals surface area contributed by atoms with Crippen molar-refractivity contribution < 1.29 is 13.9 Å². The maximum absolute atomic E-state index is 12.2. The largest absolute Gasteiger partial charge is 0.483 e. The van der Waals surface area contributed by atoms with Crippen molar-refractivity contribution in [2.45, 2.75) is 33.1 Å². The second-order valence-electron chi connectivity index (χ2n) is 8.19. The Labute approximate surface area is 204 Å². The van der Waals surface area contributed by atoms with Crippen molar-refractivity contribution in [1.82, 2.24) is 10.3 Å². The van der Waals surface area contributed by atoms with Crippen LogP contribution in [0.2, 0.25) is 0 Å². The van der Waals surface area contributed by atoms with Gasteiger partial charge in [-0.1, -0.05) is 44.2 Å². The average Bonchev–Trinajstić information content (AvgIpc) is 3.26. The van der Waals surface area contributed by atoms with Crippen molar-refractivity contribution in [1.29, 1.82) is 0 Å². The number of nitrogens with zero attached hydrogens (tertiary/aromatic N) is 1. The van der Waals surface area contributed by atoms with E-state index in [0.717, 1.165) is 28.6 Å². The van der Waals surface area contributed by atoms with Gasteiger partial charge >= 0.3 is 0 Å². The van der Waals surface area contributed by atoms with Crippen LogP contribution in [0.15, 0.2) is 71.1 Å². The van der Waals surface area contributed by atoms with E-state index in [2.05, 4.69) is 41.6 Å². The number of carbonyl (C=O) groups is 1. The molecular weight excluding hydrogens is 446 g/mol. The first-order chi connectivity index (χ1) is 16.4. The first-order valence-electron chi connectivity index (χ1n) is 11.2. The Morgan fingerprint density at radius 1 is 1.12 bits per heavy atom. The van der Waals surface area contributed by atoms with Crippen molar-refractivity contribution in [2.24, 2.45) is 0 Å². The standard InChI is InChI=1S/C27H27N3O3S/c1-4-17(2)19-12-13-24-22(15-19)29-26(33-24)20-9-7-10-21(14-20)28-27(34)30-25(31)16-32-23-11-6-5-8-18(23)3/h5-15,17H,4,16H2,1-3H3,(H2,28,30,31,34). The van der Waals surface area contributed by atoms with Gasteiger partial charge in [-0.2, -0.15) is 0 Å². The van der Waals surface area contributed by atoms with Gasteiger partial charge in [0.1, 0.15) is 11.3 Å². The van der Waals surface area contributed by atoms with Gasteiger partial charge in [-0.05, 0) is 79.0 Å². The Morgan fingerprint density at radius 2 is 1.94 bits per heavy atom. The number of nitrogens with one attached hydrogen (secondary N) is 2. The Morgan fingerprint density at radius 3 is 2.74 bits per heavy atom. The van der Waals surface area contributed by atoms with Crippen molar-refractivity contribution in [3.63, 3.8) is 0 Å². The van der Waals surface area contributed by atoms with Crippen molar-refractivity contribution >= 4 is 40.0 Å². The second kappa shape index (κ2) is 10.5. The number of amides is 1. The summed E-state index contributed by atoms with van der Waals surface area (Å²) < 4.78 is 11.5. The van der Waals surface area contributed by atoms with Crippen LogP contribution in [0.1, 0.15) is 37.3 Å². The van der Waals surface area contributed by atoms with E-state index < -0.39 is 0 Å². The SMILES string of the molecule is CCC(C)c1ccc2oc(-c3cccc(NC(=S)NC(=O)COc4ccccc4C)c3)nc2c1. The van der Waals surface area contributed by atoms with Crippen LogP contribution in [0.25, 0.3) is 22.6 Å². The number of rotatable bonds is 7. The zero-order chi connectivity index (χ0) is 24.1. The summed E-state index contributed by atoms with van der Waals surface area (Å²) in [6.45, 7) is 6.17. The molecule has 6 nitrogen and oxygen atoms in total. The minimum absolute atomic E-state index is 0.131. The molecule has 4 rings (SSSR count). The molecule has 0 fully saturated rings. The van der Waals surface area contributed by atoms with E-state index >= 15 is 0 Å². The summed E-state index contributed by atoms with van der Waals surface area (Å²) in [6.07, 6.45) is 1.07. The number of aryl methyl sites for hydroxylation is 1. The van der Waals surface area contributed by atoms with E-state index in [4.69, 9.17) is 21.4 Å². The van der Waals surface area contributed by atoms with Crippen LogP contribution in [0.5, 0.6) is 5.75 Å². The van der Waals surface area contributed by atoms with Crippen LogP contribution in [0, 0.1) is 6.92 Å². The maximum Gasteiger partial charge on any atom is 0.264 e. The minimum atomic E-state index is -0.340. The molecule has 1 atom stereocenters. The van der Waals surface area contributed by atoms with Gasteiger partial charge in [0, 0.05) is 11.3 Å². The predicted molar refractivity (Wildman–Crippen MR) is 139 cm³/mol. The molecule has 2 N–H and O–H groups in total. The highest BCUT2D eigenvalue weighted by Gasteiger charge is 2.12. The number of ether oxygens (including phenoxy) is 1. The molecule has 4 aromatic rings. The van der Waals surface area contributed by atoms with Crippen LogP contribution in [0.4, 0.5) is 5.69 Å². The lowest BCUT2D eigenvalue weighted by atomic mass is 9.98. The van der Waals surface area contributed by atoms with Crippen LogP contribution < -0.4 is 15.4 Å². The molecular formula is C27H27N3O3S. The lowest BCUT2D eigenvalue weighted by Crippen LogP contribution is -2.37. The third kappa shape index (κ3) is 5.61. The summed E-state index contributed by atoms with van der Waals surface area (Å²) in [7, 11) is 0. The van der Waals surface area contributed by atoms with Crippen LogP contribution >= 0.6 is 12.2 Å². The summed E-state index contributed by atoms with van der Waals surface area (Å²) in [5.74, 6) is 1.32. The van der Waals surface area contributed by atoms with E-state index in [-0.39, 0.29) is 17.6 Å². The summed E-state index contributed by atoms with van der Waals surface area (Å²) >= 11 is 5.29. The van der Waals surface area contributed by atoms with E-state index in [1.807, 2.05) is 61.5 Å². The maximum atomic E-state index is 12.2. The lowest BCUT2D eigenvalue weighted by molar-refractivity contribution is -0.121. The number of thiocarbonyl (C=S) groups is 1. The fraction of sp³-hybridized carbons (Fsp3) is 0.222. The summed E-state index contributed by atoms with van der Waals surface area (Å²) in [5.41, 5.74) is 5.31. The fourth-order valence-electron chi connectivity index (χ4n) is 3.53. The molecule has 7 heteroatoms. The van der Waals surface area contributed by atoms with Crippen molar-refractivity contribution in [2.75, 3.05) is 11.9 Å². The predicted octanol–water partition coefficient (Wildman–Crippen LogP) is 6.21. The van der Waals surface area contributed by atoms with Crippen molar-refractivity contribution in [3.05, 3.63) is 77.9 Å². The van der Waals surface area contributed by atoms with E-state index in [0.29, 0.717) is 23.2 Å². The fourth-order valence-corrected chi connectivity index (χ4v) is 3.76. The number of benzene rings is 3. The average molecular weight is 474 g/mol. The molecule has 0 aliphatic rings. The molecule has 1 amide bonds. The highest BCUT2D eigenvalue weighted by Crippen LogP contribution is 2.29. The van der Waals surface area contributed by atoms with Gasteiger partial charge in [0.05, 0.1) is 0 Å². The third-order valence-corrected chi connectivity index (χ3v) is 5.87. The van der Waals surface area contributed by atoms with Crippen LogP contribution in [0.3, 0.4) is 0 Å². The Balaban J connectivity index is 1.40. The smallest absolute Gasteiger partial charge is 0.264 e. The molecule has 1 unspecified atom stereocenters. The Hall–Kier alpha value is -3.71. The number of hydrogen-bond acceptors (Lipinski definition) is 5. The number of fused-ring (bicyclic) bond motifs is 1. The van der Waals surface area contributed by atoms with Gasteiger partial charge in [-0.25, -0.2) is 4.98 Å². The van der Waals surface area contributed by atoms with Crippen LogP contribution in [-0.2, 0) is 4.79 Å². The zero-order valence-electron chi connectivity index (χ0n) is 19.4. The molecule has 3 aromatic carbocycles. The molecule has 0 aliphatic carbocycles. The number of aromatic nitrogens is 1. The molecule has 0 spiro atoms. The van der Waals surface area contributed by atoms with E-state index in [9.17, 15) is 4.79 Å².